The topological polar surface area (TPSA) is 70.1 Å². The fourth-order valence-electron chi connectivity index (χ4n) is 5.05. The van der Waals surface area contributed by atoms with Gasteiger partial charge in [-0.15, -0.1) is 10.2 Å². The number of imidazole rings is 1. The van der Waals surface area contributed by atoms with Gasteiger partial charge < -0.3 is 9.30 Å². The van der Waals surface area contributed by atoms with Gasteiger partial charge in [0.05, 0.1) is 29.1 Å². The van der Waals surface area contributed by atoms with E-state index in [1.807, 2.05) is 19.3 Å². The van der Waals surface area contributed by atoms with Gasteiger partial charge in [-0.25, -0.2) is 4.98 Å². The molecule has 1 aliphatic rings. The Kier molecular flexibility index (Phi) is 4.91. The SMILES string of the molecule is Cc1cc2nnc(C)n2nc1-c1ccc2ncn(C(c3ccccc3)C3CCOCC3)c2c1. The first kappa shape index (κ1) is 20.1. The molecule has 1 fully saturated rings. The predicted octanol–water partition coefficient (Wildman–Crippen LogP) is 4.77. The number of aryl methyl sites for hydroxylation is 2. The van der Waals surface area contributed by atoms with Gasteiger partial charge >= 0.3 is 0 Å². The van der Waals surface area contributed by atoms with E-state index in [2.05, 4.69) is 70.2 Å². The highest BCUT2D eigenvalue weighted by molar-refractivity contribution is 5.82. The summed E-state index contributed by atoms with van der Waals surface area (Å²) in [6, 6.07) is 19.4. The molecule has 0 amide bonds. The second-order valence-electron chi connectivity index (χ2n) is 8.85. The Morgan fingerprint density at radius 2 is 1.79 bits per heavy atom. The van der Waals surface area contributed by atoms with E-state index in [-0.39, 0.29) is 6.04 Å². The molecule has 2 aromatic carbocycles. The maximum Gasteiger partial charge on any atom is 0.178 e. The normalized spacial score (nSPS) is 15.9. The minimum Gasteiger partial charge on any atom is -0.381 e. The van der Waals surface area contributed by atoms with Crippen LogP contribution in [-0.2, 0) is 4.74 Å². The third-order valence-electron chi connectivity index (χ3n) is 6.74. The molecule has 0 spiro atoms. The van der Waals surface area contributed by atoms with Crippen LogP contribution < -0.4 is 0 Å². The second kappa shape index (κ2) is 8.08. The number of fused-ring (bicyclic) bond motifs is 2. The average Bonchev–Trinajstić information content (AvgIpc) is 3.43. The van der Waals surface area contributed by atoms with Crippen LogP contribution in [0.25, 0.3) is 27.9 Å². The van der Waals surface area contributed by atoms with E-state index in [1.54, 1.807) is 4.52 Å². The lowest BCUT2D eigenvalue weighted by atomic mass is 9.86. The molecule has 1 aliphatic heterocycles. The first-order chi connectivity index (χ1) is 16.2. The molecule has 7 heteroatoms. The van der Waals surface area contributed by atoms with Crippen molar-refractivity contribution in [2.75, 3.05) is 13.2 Å². The van der Waals surface area contributed by atoms with Crippen molar-refractivity contribution < 1.29 is 4.74 Å². The van der Waals surface area contributed by atoms with Crippen molar-refractivity contribution in [1.29, 1.82) is 0 Å². The Balaban J connectivity index is 1.50. The van der Waals surface area contributed by atoms with Gasteiger partial charge in [-0.1, -0.05) is 36.4 Å². The van der Waals surface area contributed by atoms with Gasteiger partial charge in [0.2, 0.25) is 0 Å². The van der Waals surface area contributed by atoms with Crippen LogP contribution in [0.5, 0.6) is 0 Å². The minimum absolute atomic E-state index is 0.215. The highest BCUT2D eigenvalue weighted by atomic mass is 16.5. The molecule has 0 aliphatic carbocycles. The van der Waals surface area contributed by atoms with Crippen LogP contribution in [0.3, 0.4) is 0 Å². The number of hydrogen-bond acceptors (Lipinski definition) is 5. The van der Waals surface area contributed by atoms with E-state index in [1.165, 1.54) is 5.56 Å². The lowest BCUT2D eigenvalue weighted by Gasteiger charge is -2.32. The lowest BCUT2D eigenvalue weighted by Crippen LogP contribution is -2.26. The van der Waals surface area contributed by atoms with E-state index in [0.717, 1.165) is 65.4 Å². The zero-order valence-corrected chi connectivity index (χ0v) is 18.8. The number of nitrogens with zero attached hydrogens (tertiary/aromatic N) is 6. The van der Waals surface area contributed by atoms with E-state index in [4.69, 9.17) is 14.8 Å². The average molecular weight is 439 g/mol. The van der Waals surface area contributed by atoms with E-state index < -0.39 is 0 Å². The number of ether oxygens (including phenoxy) is 1. The molecule has 1 saturated heterocycles. The monoisotopic (exact) mass is 438 g/mol. The minimum atomic E-state index is 0.215. The van der Waals surface area contributed by atoms with Crippen molar-refractivity contribution >= 4 is 16.7 Å². The number of hydrogen-bond donors (Lipinski definition) is 0. The predicted molar refractivity (Wildman–Crippen MR) is 127 cm³/mol. The van der Waals surface area contributed by atoms with Crippen molar-refractivity contribution in [3.05, 3.63) is 77.9 Å². The quantitative estimate of drug-likeness (QED) is 0.404. The van der Waals surface area contributed by atoms with Crippen molar-refractivity contribution in [2.45, 2.75) is 32.7 Å². The zero-order valence-electron chi connectivity index (χ0n) is 18.8. The third kappa shape index (κ3) is 3.49. The standard InChI is InChI=1S/C26H26N6O/c1-17-14-24-29-28-18(2)32(24)30-25(17)21-8-9-22-23(15-21)31(16-27-22)26(19-6-4-3-5-7-19)20-10-12-33-13-11-20/h3-9,14-16,20,26H,10-13H2,1-2H3. The van der Waals surface area contributed by atoms with Gasteiger partial charge in [-0.05, 0) is 61.9 Å². The molecule has 7 nitrogen and oxygen atoms in total. The van der Waals surface area contributed by atoms with E-state index >= 15 is 0 Å². The van der Waals surface area contributed by atoms with Crippen LogP contribution in [0, 0.1) is 19.8 Å². The van der Waals surface area contributed by atoms with Gasteiger partial charge in [0.25, 0.3) is 0 Å². The Bertz CT molecular complexity index is 1430. The molecule has 166 valence electrons. The molecule has 0 N–H and O–H groups in total. The number of aromatic nitrogens is 6. The molecule has 33 heavy (non-hydrogen) atoms. The van der Waals surface area contributed by atoms with Gasteiger partial charge in [0.1, 0.15) is 0 Å². The van der Waals surface area contributed by atoms with Crippen LogP contribution in [0.15, 0.2) is 60.9 Å². The summed E-state index contributed by atoms with van der Waals surface area (Å²) in [7, 11) is 0. The van der Waals surface area contributed by atoms with E-state index in [0.29, 0.717) is 5.92 Å². The molecular formula is C26H26N6O. The summed E-state index contributed by atoms with van der Waals surface area (Å²) in [5.74, 6) is 1.28. The van der Waals surface area contributed by atoms with Gasteiger partial charge in [0, 0.05) is 18.8 Å². The van der Waals surface area contributed by atoms with Gasteiger partial charge in [-0.2, -0.15) is 9.61 Å². The summed E-state index contributed by atoms with van der Waals surface area (Å²) < 4.78 is 9.83. The fourth-order valence-corrected chi connectivity index (χ4v) is 5.05. The van der Waals surface area contributed by atoms with Crippen LogP contribution in [0.2, 0.25) is 0 Å². The first-order valence-corrected chi connectivity index (χ1v) is 11.5. The molecule has 1 unspecified atom stereocenters. The molecule has 5 aromatic rings. The zero-order chi connectivity index (χ0) is 22.4. The summed E-state index contributed by atoms with van der Waals surface area (Å²) in [6.07, 6.45) is 4.08. The Hall–Kier alpha value is -3.58. The van der Waals surface area contributed by atoms with Crippen LogP contribution in [0.4, 0.5) is 0 Å². The van der Waals surface area contributed by atoms with Crippen molar-refractivity contribution in [1.82, 2.24) is 29.4 Å². The smallest absolute Gasteiger partial charge is 0.178 e. The molecule has 3 aromatic heterocycles. The largest absolute Gasteiger partial charge is 0.381 e. The summed E-state index contributed by atoms with van der Waals surface area (Å²) in [5, 5.41) is 13.2. The maximum atomic E-state index is 5.67. The van der Waals surface area contributed by atoms with Crippen LogP contribution >= 0.6 is 0 Å². The number of rotatable bonds is 4. The fraction of sp³-hybridized carbons (Fsp3) is 0.308. The molecule has 0 saturated carbocycles. The molecular weight excluding hydrogens is 412 g/mol. The second-order valence-corrected chi connectivity index (χ2v) is 8.85. The Morgan fingerprint density at radius 3 is 2.61 bits per heavy atom. The molecule has 0 radical (unpaired) electrons. The summed E-state index contributed by atoms with van der Waals surface area (Å²) in [4.78, 5) is 4.76. The summed E-state index contributed by atoms with van der Waals surface area (Å²) in [6.45, 7) is 5.62. The van der Waals surface area contributed by atoms with Crippen LogP contribution in [0.1, 0.15) is 35.8 Å². The Morgan fingerprint density at radius 1 is 0.970 bits per heavy atom. The summed E-state index contributed by atoms with van der Waals surface area (Å²) >= 11 is 0. The third-order valence-corrected chi connectivity index (χ3v) is 6.74. The highest BCUT2D eigenvalue weighted by Gasteiger charge is 2.28. The molecule has 6 rings (SSSR count). The molecule has 0 bridgehead atoms. The molecule has 1 atom stereocenters. The van der Waals surface area contributed by atoms with Crippen LogP contribution in [-0.4, -0.2) is 42.6 Å². The van der Waals surface area contributed by atoms with Gasteiger partial charge in [-0.3, -0.25) is 0 Å². The van der Waals surface area contributed by atoms with Gasteiger partial charge in [0.15, 0.2) is 11.5 Å². The van der Waals surface area contributed by atoms with Crippen molar-refractivity contribution in [2.24, 2.45) is 5.92 Å². The Labute approximate surface area is 192 Å². The maximum absolute atomic E-state index is 5.67. The summed E-state index contributed by atoms with van der Waals surface area (Å²) in [5.41, 5.74) is 7.26. The first-order valence-electron chi connectivity index (χ1n) is 11.5. The highest BCUT2D eigenvalue weighted by Crippen LogP contribution is 2.36. The van der Waals surface area contributed by atoms with Crippen molar-refractivity contribution in [3.63, 3.8) is 0 Å². The molecule has 4 heterocycles. The number of benzene rings is 2. The lowest BCUT2D eigenvalue weighted by molar-refractivity contribution is 0.0547. The van der Waals surface area contributed by atoms with Crippen molar-refractivity contribution in [3.8, 4) is 11.3 Å². The van der Waals surface area contributed by atoms with E-state index in [9.17, 15) is 0 Å².